The second-order valence-electron chi connectivity index (χ2n) is 5.73. The lowest BCUT2D eigenvalue weighted by atomic mass is 10.1. The Kier molecular flexibility index (Phi) is 7.95. The molecule has 1 rings (SSSR count). The molecule has 24 heavy (non-hydrogen) atoms. The van der Waals surface area contributed by atoms with Gasteiger partial charge in [0.25, 0.3) is 5.78 Å². The van der Waals surface area contributed by atoms with Crippen molar-refractivity contribution in [1.29, 1.82) is 0 Å². The number of carbonyl (C=O) groups is 2. The van der Waals surface area contributed by atoms with Crippen molar-refractivity contribution in [2.24, 2.45) is 0 Å². The fourth-order valence-electron chi connectivity index (χ4n) is 2.40. The molecule has 1 aromatic carbocycles. The lowest BCUT2D eigenvalue weighted by Gasteiger charge is -2.23. The maximum absolute atomic E-state index is 12.4. The number of rotatable bonds is 9. The number of halogens is 3. The normalized spacial score (nSPS) is 11.4. The highest BCUT2D eigenvalue weighted by Crippen LogP contribution is 2.24. The molecule has 0 fully saturated rings. The van der Waals surface area contributed by atoms with Crippen LogP contribution in [0.15, 0.2) is 24.3 Å². The van der Waals surface area contributed by atoms with E-state index in [0.717, 1.165) is 37.8 Å². The van der Waals surface area contributed by atoms with Gasteiger partial charge in [-0.25, -0.2) is 0 Å². The first kappa shape index (κ1) is 20.2. The highest BCUT2D eigenvalue weighted by molar-refractivity contribution is 6.01. The molecular weight excluding hydrogens is 319 g/mol. The van der Waals surface area contributed by atoms with Gasteiger partial charge in [0.05, 0.1) is 0 Å². The van der Waals surface area contributed by atoms with E-state index >= 15 is 0 Å². The summed E-state index contributed by atoms with van der Waals surface area (Å²) >= 11 is 0. The van der Waals surface area contributed by atoms with Gasteiger partial charge in [-0.3, -0.25) is 9.59 Å². The van der Waals surface area contributed by atoms with E-state index < -0.39 is 17.5 Å². The zero-order valence-electron chi connectivity index (χ0n) is 14.2. The van der Waals surface area contributed by atoms with Crippen molar-refractivity contribution in [3.63, 3.8) is 0 Å². The summed E-state index contributed by atoms with van der Waals surface area (Å²) in [4.78, 5) is 25.1. The van der Waals surface area contributed by atoms with Crippen LogP contribution in [0.5, 0.6) is 0 Å². The molecule has 0 N–H and O–H groups in total. The summed E-state index contributed by atoms with van der Waals surface area (Å²) in [5.74, 6) is -1.92. The number of hydrogen-bond acceptors (Lipinski definition) is 2. The number of ketones is 1. The summed E-state index contributed by atoms with van der Waals surface area (Å²) in [6.07, 6.45) is 0.195. The molecule has 0 radical (unpaired) electrons. The van der Waals surface area contributed by atoms with Gasteiger partial charge in [0.2, 0.25) is 5.91 Å². The molecular formula is C18H24F3NO2. The summed E-state index contributed by atoms with van der Waals surface area (Å²) in [5, 5.41) is 0. The number of amides is 1. The number of unbranched alkanes of at least 4 members (excludes halogenated alkanes) is 3. The minimum Gasteiger partial charge on any atom is -0.312 e. The molecule has 0 aliphatic heterocycles. The molecule has 6 heteroatoms. The fraction of sp³-hybridized carbons (Fsp3) is 0.556. The molecule has 1 amide bonds. The van der Waals surface area contributed by atoms with E-state index in [-0.39, 0.29) is 5.91 Å². The van der Waals surface area contributed by atoms with Crippen LogP contribution in [0.2, 0.25) is 0 Å². The highest BCUT2D eigenvalue weighted by Gasteiger charge is 2.39. The zero-order chi connectivity index (χ0) is 18.2. The van der Waals surface area contributed by atoms with Crippen molar-refractivity contribution in [1.82, 2.24) is 0 Å². The molecule has 0 saturated heterocycles. The lowest BCUT2D eigenvalue weighted by Crippen LogP contribution is -2.31. The topological polar surface area (TPSA) is 37.4 Å². The van der Waals surface area contributed by atoms with Crippen LogP contribution in [0.1, 0.15) is 62.7 Å². The van der Waals surface area contributed by atoms with Crippen molar-refractivity contribution in [3.8, 4) is 0 Å². The number of Topliss-reactive ketones (excluding diaryl/α,β-unsaturated/α-hetero) is 1. The monoisotopic (exact) mass is 343 g/mol. The molecule has 0 atom stereocenters. The molecule has 0 aliphatic rings. The molecule has 0 spiro atoms. The van der Waals surface area contributed by atoms with Crippen LogP contribution in [-0.2, 0) is 4.79 Å². The van der Waals surface area contributed by atoms with Crippen molar-refractivity contribution >= 4 is 17.4 Å². The molecule has 0 saturated carbocycles. The Morgan fingerprint density at radius 2 is 1.58 bits per heavy atom. The standard InChI is InChI=1S/C18H24F3NO2/c1-3-5-6-7-13-22(16(23)8-4-2)15-11-9-14(10-12-15)17(24)18(19,20)21/h9-12H,3-8,13H2,1-2H3. The summed E-state index contributed by atoms with van der Waals surface area (Å²) in [6, 6.07) is 5.07. The third kappa shape index (κ3) is 5.98. The number of anilines is 1. The van der Waals surface area contributed by atoms with Gasteiger partial charge in [0.1, 0.15) is 0 Å². The van der Waals surface area contributed by atoms with Crippen molar-refractivity contribution in [2.45, 2.75) is 58.5 Å². The number of nitrogens with zero attached hydrogens (tertiary/aromatic N) is 1. The van der Waals surface area contributed by atoms with E-state index in [1.807, 2.05) is 6.92 Å². The maximum Gasteiger partial charge on any atom is 0.454 e. The molecule has 1 aromatic rings. The van der Waals surface area contributed by atoms with Gasteiger partial charge in [0.15, 0.2) is 0 Å². The smallest absolute Gasteiger partial charge is 0.312 e. The average Bonchev–Trinajstić information content (AvgIpc) is 2.54. The fourth-order valence-corrected chi connectivity index (χ4v) is 2.40. The van der Waals surface area contributed by atoms with Gasteiger partial charge < -0.3 is 4.90 Å². The van der Waals surface area contributed by atoms with E-state index in [4.69, 9.17) is 0 Å². The SMILES string of the molecule is CCCCCCN(C(=O)CCC)c1ccc(C(=O)C(F)(F)F)cc1. The van der Waals surface area contributed by atoms with Crippen LogP contribution < -0.4 is 4.90 Å². The van der Waals surface area contributed by atoms with E-state index in [0.29, 0.717) is 25.1 Å². The Morgan fingerprint density at radius 3 is 2.08 bits per heavy atom. The summed E-state index contributed by atoms with van der Waals surface area (Å²) in [7, 11) is 0. The Labute approximate surface area is 140 Å². The lowest BCUT2D eigenvalue weighted by molar-refractivity contribution is -0.118. The van der Waals surface area contributed by atoms with E-state index in [1.165, 1.54) is 12.1 Å². The van der Waals surface area contributed by atoms with Crippen molar-refractivity contribution in [3.05, 3.63) is 29.8 Å². The van der Waals surface area contributed by atoms with Crippen LogP contribution in [0.25, 0.3) is 0 Å². The third-order valence-electron chi connectivity index (χ3n) is 3.70. The minimum atomic E-state index is -4.89. The third-order valence-corrected chi connectivity index (χ3v) is 3.70. The van der Waals surface area contributed by atoms with Crippen LogP contribution in [0.3, 0.4) is 0 Å². The van der Waals surface area contributed by atoms with Crippen molar-refractivity contribution < 1.29 is 22.8 Å². The Hall–Kier alpha value is -1.85. The highest BCUT2D eigenvalue weighted by atomic mass is 19.4. The van der Waals surface area contributed by atoms with Gasteiger partial charge in [-0.15, -0.1) is 0 Å². The predicted octanol–water partition coefficient (Wildman–Crippen LogP) is 5.15. The van der Waals surface area contributed by atoms with Gasteiger partial charge in [-0.05, 0) is 37.1 Å². The molecule has 0 unspecified atom stereocenters. The first-order valence-electron chi connectivity index (χ1n) is 8.33. The van der Waals surface area contributed by atoms with E-state index in [1.54, 1.807) is 4.90 Å². The van der Waals surface area contributed by atoms with Gasteiger partial charge >= 0.3 is 6.18 Å². The first-order chi connectivity index (χ1) is 11.3. The van der Waals surface area contributed by atoms with Gasteiger partial charge in [0, 0.05) is 24.2 Å². The quantitative estimate of drug-likeness (QED) is 0.459. The summed E-state index contributed by atoms with van der Waals surface area (Å²) in [5.41, 5.74) is 0.115. The first-order valence-corrected chi connectivity index (χ1v) is 8.33. The van der Waals surface area contributed by atoms with Gasteiger partial charge in [-0.2, -0.15) is 13.2 Å². The molecule has 0 heterocycles. The predicted molar refractivity (Wildman–Crippen MR) is 88.2 cm³/mol. The second-order valence-corrected chi connectivity index (χ2v) is 5.73. The molecule has 3 nitrogen and oxygen atoms in total. The van der Waals surface area contributed by atoms with Crippen LogP contribution in [0, 0.1) is 0 Å². The molecule has 0 aromatic heterocycles. The Balaban J connectivity index is 2.89. The molecule has 134 valence electrons. The average molecular weight is 343 g/mol. The van der Waals surface area contributed by atoms with Gasteiger partial charge in [-0.1, -0.05) is 33.1 Å². The van der Waals surface area contributed by atoms with Crippen LogP contribution in [-0.4, -0.2) is 24.4 Å². The Morgan fingerprint density at radius 1 is 0.958 bits per heavy atom. The summed E-state index contributed by atoms with van der Waals surface area (Å²) < 4.78 is 37.3. The summed E-state index contributed by atoms with van der Waals surface area (Å²) in [6.45, 7) is 4.53. The maximum atomic E-state index is 12.4. The van der Waals surface area contributed by atoms with E-state index in [9.17, 15) is 22.8 Å². The second kappa shape index (κ2) is 9.45. The van der Waals surface area contributed by atoms with Crippen LogP contribution in [0.4, 0.5) is 18.9 Å². The van der Waals surface area contributed by atoms with E-state index in [2.05, 4.69) is 6.92 Å². The largest absolute Gasteiger partial charge is 0.454 e. The zero-order valence-corrected chi connectivity index (χ0v) is 14.2. The number of hydrogen-bond donors (Lipinski definition) is 0. The van der Waals surface area contributed by atoms with Crippen LogP contribution >= 0.6 is 0 Å². The number of benzene rings is 1. The molecule has 0 aliphatic carbocycles. The number of alkyl halides is 3. The number of carbonyl (C=O) groups excluding carboxylic acids is 2. The minimum absolute atomic E-state index is 0.0519. The Bertz CT molecular complexity index is 538. The van der Waals surface area contributed by atoms with Crippen molar-refractivity contribution in [2.75, 3.05) is 11.4 Å². The molecule has 0 bridgehead atoms.